The van der Waals surface area contributed by atoms with Crippen LogP contribution in [-0.2, 0) is 22.0 Å². The van der Waals surface area contributed by atoms with Crippen molar-refractivity contribution in [1.82, 2.24) is 9.13 Å². The fourth-order valence-electron chi connectivity index (χ4n) is 7.89. The molecule has 0 saturated carbocycles. The highest BCUT2D eigenvalue weighted by molar-refractivity contribution is 6.74. The average molecular weight is 1010 g/mol. The first-order valence-electron chi connectivity index (χ1n) is 22.9. The van der Waals surface area contributed by atoms with Crippen molar-refractivity contribution in [2.24, 2.45) is 10.8 Å². The van der Waals surface area contributed by atoms with E-state index in [1.807, 2.05) is 37.5 Å². The molecule has 6 rings (SSSR count). The first-order chi connectivity index (χ1) is 32.0. The third kappa shape index (κ3) is 12.4. The van der Waals surface area contributed by atoms with Gasteiger partial charge in [0.15, 0.2) is 8.32 Å². The number of aliphatic hydroxyl groups is 1. The molecule has 4 aromatic carbocycles. The van der Waals surface area contributed by atoms with Crippen molar-refractivity contribution < 1.29 is 37.7 Å². The van der Waals surface area contributed by atoms with Gasteiger partial charge in [0.1, 0.15) is 22.8 Å². The number of aromatic nitrogens is 2. The van der Waals surface area contributed by atoms with E-state index in [1.165, 1.54) is 18.3 Å². The van der Waals surface area contributed by atoms with Crippen LogP contribution in [0.2, 0.25) is 28.2 Å². The fourth-order valence-corrected chi connectivity index (χ4v) is 9.28. The molecule has 0 amide bonds. The first-order valence-corrected chi connectivity index (χ1v) is 26.5. The predicted octanol–water partition coefficient (Wildman–Crippen LogP) is 12.8. The Morgan fingerprint density at radius 3 is 1.54 bits per heavy atom. The predicted molar refractivity (Wildman–Crippen MR) is 275 cm³/mol. The van der Waals surface area contributed by atoms with Gasteiger partial charge in [-0.1, -0.05) is 122 Å². The van der Waals surface area contributed by atoms with E-state index >= 15 is 0 Å². The van der Waals surface area contributed by atoms with Crippen molar-refractivity contribution in [1.29, 1.82) is 0 Å². The number of hydrogen-bond acceptors (Lipinski definition) is 7. The molecule has 0 aliphatic rings. The van der Waals surface area contributed by atoms with E-state index in [9.17, 15) is 38.2 Å². The van der Waals surface area contributed by atoms with E-state index in [0.29, 0.717) is 39.7 Å². The standard InChI is InChI=1S/C31H41ClFNO4Si.C23H23ClFNO4/c1-10-37-29(36)23-18-34(26(30(2,3)4)19-38-39(8,9)31(5,6)7)25-15-14-20(17-22(25)28(23)35)16-21-12-11-13-24(32)27(21)33;1-23(2,3)19(12-27)26-11-16(22(29)30)21(28)15-10-13(7-8-18(15)26)9-14-5-4-6-17(24)20(14)25/h11-15,17-18,26H,10,16,19H2,1-9H3;4-8,10-11,19,27H,9,12H2,1-3H3,(H,29,30)/t26-;19-/m11/s1. The zero-order valence-electron chi connectivity index (χ0n) is 41.5. The van der Waals surface area contributed by atoms with Crippen LogP contribution in [0.15, 0.2) is 94.8 Å². The number of fused-ring (bicyclic) bond motifs is 2. The molecule has 69 heavy (non-hydrogen) atoms. The number of carbonyl (C=O) groups is 2. The summed E-state index contributed by atoms with van der Waals surface area (Å²) in [7, 11) is -2.08. The number of nitrogens with zero attached hydrogens (tertiary/aromatic N) is 2. The van der Waals surface area contributed by atoms with Crippen LogP contribution < -0.4 is 10.9 Å². The Kier molecular flexibility index (Phi) is 17.0. The van der Waals surface area contributed by atoms with E-state index in [2.05, 4.69) is 54.6 Å². The van der Waals surface area contributed by atoms with E-state index in [4.69, 9.17) is 32.4 Å². The van der Waals surface area contributed by atoms with Crippen molar-refractivity contribution in [2.75, 3.05) is 19.8 Å². The number of esters is 1. The van der Waals surface area contributed by atoms with Gasteiger partial charge in [0.2, 0.25) is 10.9 Å². The van der Waals surface area contributed by atoms with Gasteiger partial charge in [-0.15, -0.1) is 0 Å². The summed E-state index contributed by atoms with van der Waals surface area (Å²) in [6, 6.07) is 19.5. The van der Waals surface area contributed by atoms with Crippen LogP contribution >= 0.6 is 23.2 Å². The Bertz CT molecular complexity index is 3000. The lowest BCUT2D eigenvalue weighted by Gasteiger charge is -2.40. The van der Waals surface area contributed by atoms with Crippen molar-refractivity contribution >= 4 is 65.3 Å². The zero-order valence-corrected chi connectivity index (χ0v) is 44.0. The molecular weight excluding hydrogens is 942 g/mol. The van der Waals surface area contributed by atoms with Crippen LogP contribution in [0.5, 0.6) is 0 Å². The molecule has 0 unspecified atom stereocenters. The number of rotatable bonds is 13. The largest absolute Gasteiger partial charge is 0.477 e. The van der Waals surface area contributed by atoms with Crippen molar-refractivity contribution in [3.63, 3.8) is 0 Å². The summed E-state index contributed by atoms with van der Waals surface area (Å²) < 4.78 is 44.5. The Hall–Kier alpha value is -5.18. The molecule has 2 aromatic heterocycles. The summed E-state index contributed by atoms with van der Waals surface area (Å²) in [6.45, 7) is 25.2. The molecule has 0 spiro atoms. The molecule has 0 aliphatic heterocycles. The summed E-state index contributed by atoms with van der Waals surface area (Å²) in [4.78, 5) is 51.1. The minimum Gasteiger partial charge on any atom is -0.477 e. The number of pyridine rings is 2. The van der Waals surface area contributed by atoms with Gasteiger partial charge in [0, 0.05) is 36.0 Å². The summed E-state index contributed by atoms with van der Waals surface area (Å²) in [6.07, 6.45) is 3.35. The topological polar surface area (TPSA) is 137 Å². The molecule has 0 saturated heterocycles. The smallest absolute Gasteiger partial charge is 0.343 e. The van der Waals surface area contributed by atoms with Crippen LogP contribution in [0, 0.1) is 22.5 Å². The third-order valence-corrected chi connectivity index (χ3v) is 18.1. The number of halogens is 4. The third-order valence-electron chi connectivity index (χ3n) is 13.0. The van der Waals surface area contributed by atoms with E-state index in [-0.39, 0.29) is 69.1 Å². The second-order valence-corrected chi connectivity index (χ2v) is 26.7. The van der Waals surface area contributed by atoms with Gasteiger partial charge in [-0.05, 0) is 94.5 Å². The van der Waals surface area contributed by atoms with Crippen molar-refractivity contribution in [3.8, 4) is 0 Å². The second kappa shape index (κ2) is 21.4. The summed E-state index contributed by atoms with van der Waals surface area (Å²) >= 11 is 11.8. The monoisotopic (exact) mass is 1000 g/mol. The average Bonchev–Trinajstić information content (AvgIpc) is 3.25. The molecule has 2 N–H and O–H groups in total. The van der Waals surface area contributed by atoms with E-state index in [1.54, 1.807) is 66.2 Å². The molecule has 0 bridgehead atoms. The van der Waals surface area contributed by atoms with Crippen LogP contribution in [0.25, 0.3) is 21.8 Å². The highest BCUT2D eigenvalue weighted by Gasteiger charge is 2.39. The fraction of sp³-hybridized carbons (Fsp3) is 0.407. The highest BCUT2D eigenvalue weighted by atomic mass is 35.5. The van der Waals surface area contributed by atoms with E-state index < -0.39 is 54.2 Å². The van der Waals surface area contributed by atoms with Crippen LogP contribution in [-0.4, -0.2) is 59.4 Å². The number of carboxylic acids is 1. The maximum atomic E-state index is 14.6. The van der Waals surface area contributed by atoms with Crippen LogP contribution in [0.1, 0.15) is 124 Å². The molecular formula is C54H64Cl2F2N2O8Si. The van der Waals surface area contributed by atoms with Crippen LogP contribution in [0.3, 0.4) is 0 Å². The summed E-state index contributed by atoms with van der Waals surface area (Å²) in [5, 5.41) is 20.2. The van der Waals surface area contributed by atoms with Crippen LogP contribution in [0.4, 0.5) is 8.78 Å². The quantitative estimate of drug-likeness (QED) is 0.0862. The molecule has 2 atom stereocenters. The van der Waals surface area contributed by atoms with Crippen molar-refractivity contribution in [3.05, 3.63) is 161 Å². The van der Waals surface area contributed by atoms with Gasteiger partial charge in [-0.3, -0.25) is 9.59 Å². The SMILES string of the molecule is CC(C)(C)[C@@H](CO)n1cc(C(=O)O)c(=O)c2cc(Cc3cccc(Cl)c3F)ccc21.CCOC(=O)c1cn([C@H](CO[Si](C)(C)C(C)(C)C)C(C)(C)C)c2ccc(Cc3cccc(Cl)c3F)cc2c1=O. The lowest BCUT2D eigenvalue weighted by atomic mass is 9.86. The Labute approximate surface area is 413 Å². The highest BCUT2D eigenvalue weighted by Crippen LogP contribution is 2.40. The minimum absolute atomic E-state index is 0.0137. The normalized spacial score (nSPS) is 13.2. The lowest BCUT2D eigenvalue weighted by Crippen LogP contribution is -2.43. The maximum absolute atomic E-state index is 14.6. The molecule has 0 fully saturated rings. The van der Waals surface area contributed by atoms with Gasteiger partial charge in [-0.2, -0.15) is 0 Å². The number of ether oxygens (including phenoxy) is 1. The van der Waals surface area contributed by atoms with Gasteiger partial charge in [0.05, 0.1) is 53.0 Å². The zero-order chi connectivity index (χ0) is 51.6. The first kappa shape index (κ1) is 54.8. The number of hydrogen-bond donors (Lipinski definition) is 2. The van der Waals surface area contributed by atoms with Gasteiger partial charge in [-0.25, -0.2) is 18.4 Å². The van der Waals surface area contributed by atoms with Gasteiger partial charge >= 0.3 is 11.9 Å². The summed E-state index contributed by atoms with van der Waals surface area (Å²) in [5.41, 5.74) is 1.28. The number of benzene rings is 4. The second-order valence-electron chi connectivity index (χ2n) is 21.1. The molecule has 2 heterocycles. The number of aliphatic hydroxyl groups excluding tert-OH is 1. The number of carboxylic acid groups (broad SMARTS) is 1. The minimum atomic E-state index is -2.08. The Morgan fingerprint density at radius 2 is 1.13 bits per heavy atom. The molecule has 6 aromatic rings. The van der Waals surface area contributed by atoms with Gasteiger partial charge < -0.3 is 28.5 Å². The molecule has 370 valence electrons. The molecule has 10 nitrogen and oxygen atoms in total. The molecule has 15 heteroatoms. The lowest BCUT2D eigenvalue weighted by molar-refractivity contribution is 0.0522. The van der Waals surface area contributed by atoms with Gasteiger partial charge in [0.25, 0.3) is 0 Å². The maximum Gasteiger partial charge on any atom is 0.343 e. The molecule has 0 aliphatic carbocycles. The van der Waals surface area contributed by atoms with Crippen molar-refractivity contribution in [2.45, 2.75) is 112 Å². The van der Waals surface area contributed by atoms with E-state index in [0.717, 1.165) is 5.56 Å². The Morgan fingerprint density at radius 1 is 0.696 bits per heavy atom. The molecule has 0 radical (unpaired) electrons. The number of carbonyl (C=O) groups excluding carboxylic acids is 1. The number of aromatic carboxylic acids is 1. The summed E-state index contributed by atoms with van der Waals surface area (Å²) in [5.74, 6) is -3.01. The Balaban J connectivity index is 0.000000266.